The molecule has 3 aromatic rings. The maximum absolute atomic E-state index is 13.3. The van der Waals surface area contributed by atoms with Gasteiger partial charge in [0.2, 0.25) is 0 Å². The van der Waals surface area contributed by atoms with Crippen molar-refractivity contribution >= 4 is 33.5 Å². The predicted molar refractivity (Wildman–Crippen MR) is 122 cm³/mol. The minimum Gasteiger partial charge on any atom is -0.319 e. The van der Waals surface area contributed by atoms with Crippen LogP contribution in [-0.2, 0) is 10.3 Å². The van der Waals surface area contributed by atoms with Gasteiger partial charge in [0.25, 0.3) is 5.91 Å². The van der Waals surface area contributed by atoms with Crippen LogP contribution in [0.4, 0.5) is 4.79 Å². The molecular formula is C24H26N4O2S. The van der Waals surface area contributed by atoms with Crippen molar-refractivity contribution in [2.45, 2.75) is 37.6 Å². The fraction of sp³-hybridized carbons (Fsp3) is 0.375. The molecule has 0 unspecified atom stereocenters. The number of nitrogens with one attached hydrogen (secondary N) is 1. The zero-order valence-corrected chi connectivity index (χ0v) is 18.4. The highest BCUT2D eigenvalue weighted by Gasteiger charge is 2.51. The largest absolute Gasteiger partial charge is 0.326 e. The number of carbonyl (C=O) groups excluding carboxylic acids is 2. The molecule has 6 nitrogen and oxygen atoms in total. The Morgan fingerprint density at radius 2 is 1.77 bits per heavy atom. The van der Waals surface area contributed by atoms with E-state index in [1.165, 1.54) is 14.6 Å². The minimum absolute atomic E-state index is 0.153. The average Bonchev–Trinajstić information content (AvgIpc) is 3.35. The molecule has 160 valence electrons. The van der Waals surface area contributed by atoms with Crippen LogP contribution < -0.4 is 5.32 Å². The molecule has 7 heteroatoms. The summed E-state index contributed by atoms with van der Waals surface area (Å²) in [6, 6.07) is 17.5. The number of nitrogens with zero attached hydrogens (tertiary/aromatic N) is 3. The number of imide groups is 1. The quantitative estimate of drug-likeness (QED) is 0.609. The summed E-state index contributed by atoms with van der Waals surface area (Å²) in [5, 5.41) is 4.17. The molecule has 3 heterocycles. The van der Waals surface area contributed by atoms with Gasteiger partial charge in [-0.25, -0.2) is 14.7 Å². The number of para-hydroxylation sites is 1. The van der Waals surface area contributed by atoms with Crippen LogP contribution in [-0.4, -0.2) is 46.5 Å². The monoisotopic (exact) mass is 434 g/mol. The number of fused-ring (bicyclic) bond motifs is 1. The van der Waals surface area contributed by atoms with Gasteiger partial charge in [0.15, 0.2) is 0 Å². The molecule has 2 aliphatic rings. The first-order chi connectivity index (χ1) is 15.1. The number of thiazole rings is 1. The van der Waals surface area contributed by atoms with Gasteiger partial charge in [0.1, 0.15) is 5.54 Å². The van der Waals surface area contributed by atoms with E-state index in [1.54, 1.807) is 11.3 Å². The Bertz CT molecular complexity index is 1070. The lowest BCUT2D eigenvalue weighted by atomic mass is 9.87. The first-order valence-electron chi connectivity index (χ1n) is 10.9. The van der Waals surface area contributed by atoms with Crippen molar-refractivity contribution in [3.63, 3.8) is 0 Å². The van der Waals surface area contributed by atoms with Gasteiger partial charge in [-0.2, -0.15) is 0 Å². The van der Waals surface area contributed by atoms with Gasteiger partial charge < -0.3 is 5.32 Å². The third-order valence-electron chi connectivity index (χ3n) is 6.56. The van der Waals surface area contributed by atoms with E-state index < -0.39 is 5.54 Å². The Balaban J connectivity index is 1.26. The van der Waals surface area contributed by atoms with Crippen molar-refractivity contribution in [1.29, 1.82) is 0 Å². The summed E-state index contributed by atoms with van der Waals surface area (Å²) < 4.78 is 1.23. The van der Waals surface area contributed by atoms with Crippen molar-refractivity contribution in [2.75, 3.05) is 19.8 Å². The topological polar surface area (TPSA) is 65.5 Å². The molecule has 5 rings (SSSR count). The lowest BCUT2D eigenvalue weighted by Crippen LogP contribution is -2.46. The zero-order chi connectivity index (χ0) is 21.4. The van der Waals surface area contributed by atoms with Crippen LogP contribution in [0, 0.1) is 0 Å². The van der Waals surface area contributed by atoms with Crippen LogP contribution in [0.15, 0.2) is 54.6 Å². The van der Waals surface area contributed by atoms with Crippen LogP contribution in [0.3, 0.4) is 0 Å². The molecule has 0 bridgehead atoms. The first kappa shape index (κ1) is 20.2. The molecule has 31 heavy (non-hydrogen) atoms. The maximum atomic E-state index is 13.3. The molecule has 2 saturated heterocycles. The van der Waals surface area contributed by atoms with Gasteiger partial charge in [0.05, 0.1) is 21.9 Å². The van der Waals surface area contributed by atoms with Crippen LogP contribution in [0.2, 0.25) is 0 Å². The molecule has 2 aromatic carbocycles. The molecule has 0 spiro atoms. The molecule has 2 fully saturated rings. The van der Waals surface area contributed by atoms with Crippen molar-refractivity contribution in [2.24, 2.45) is 0 Å². The lowest BCUT2D eigenvalue weighted by molar-refractivity contribution is -0.133. The van der Waals surface area contributed by atoms with E-state index in [4.69, 9.17) is 4.98 Å². The van der Waals surface area contributed by atoms with E-state index in [0.29, 0.717) is 19.0 Å². The number of hydrogen-bond acceptors (Lipinski definition) is 5. The van der Waals surface area contributed by atoms with Gasteiger partial charge >= 0.3 is 6.03 Å². The van der Waals surface area contributed by atoms with Gasteiger partial charge in [0, 0.05) is 19.0 Å². The van der Waals surface area contributed by atoms with E-state index in [-0.39, 0.29) is 11.9 Å². The second kappa shape index (κ2) is 8.05. The molecule has 0 radical (unpaired) electrons. The van der Waals surface area contributed by atoms with Gasteiger partial charge in [-0.3, -0.25) is 9.69 Å². The number of hydrogen-bond donors (Lipinski definition) is 1. The summed E-state index contributed by atoms with van der Waals surface area (Å²) in [5.41, 5.74) is 0.950. The molecular weight excluding hydrogens is 408 g/mol. The second-order valence-electron chi connectivity index (χ2n) is 8.34. The van der Waals surface area contributed by atoms with Gasteiger partial charge in [-0.1, -0.05) is 49.4 Å². The third kappa shape index (κ3) is 3.51. The van der Waals surface area contributed by atoms with Crippen molar-refractivity contribution in [1.82, 2.24) is 20.1 Å². The fourth-order valence-corrected chi connectivity index (χ4v) is 5.84. The molecule has 0 aliphatic carbocycles. The Labute approximate surface area is 185 Å². The number of carbonyl (C=O) groups is 2. The van der Waals surface area contributed by atoms with E-state index in [9.17, 15) is 9.59 Å². The highest BCUT2D eigenvalue weighted by Crippen LogP contribution is 2.35. The molecule has 0 saturated carbocycles. The maximum Gasteiger partial charge on any atom is 0.326 e. The number of piperidine rings is 1. The zero-order valence-electron chi connectivity index (χ0n) is 17.6. The number of rotatable bonds is 5. The van der Waals surface area contributed by atoms with E-state index >= 15 is 0 Å². The Morgan fingerprint density at radius 1 is 1.06 bits per heavy atom. The van der Waals surface area contributed by atoms with Crippen molar-refractivity contribution in [3.05, 3.63) is 65.2 Å². The molecule has 1 N–H and O–H groups in total. The Hall–Kier alpha value is -2.77. The second-order valence-corrected chi connectivity index (χ2v) is 9.40. The van der Waals surface area contributed by atoms with Crippen LogP contribution >= 0.6 is 11.3 Å². The summed E-state index contributed by atoms with van der Waals surface area (Å²) in [6.45, 7) is 3.98. The Kier molecular flexibility index (Phi) is 5.24. The van der Waals surface area contributed by atoms with E-state index in [1.807, 2.05) is 43.3 Å². The summed E-state index contributed by atoms with van der Waals surface area (Å²) >= 11 is 1.78. The predicted octanol–water partition coefficient (Wildman–Crippen LogP) is 4.29. The molecule has 2 aliphatic heterocycles. The highest BCUT2D eigenvalue weighted by molar-refractivity contribution is 7.18. The summed E-state index contributed by atoms with van der Waals surface area (Å²) in [6.07, 6.45) is 2.50. The van der Waals surface area contributed by atoms with Crippen molar-refractivity contribution < 1.29 is 9.59 Å². The summed E-state index contributed by atoms with van der Waals surface area (Å²) in [7, 11) is 0. The summed E-state index contributed by atoms with van der Waals surface area (Å²) in [4.78, 5) is 34.5. The fourth-order valence-electron chi connectivity index (χ4n) is 4.70. The minimum atomic E-state index is -0.961. The number of aromatic nitrogens is 1. The normalized spacial score (nSPS) is 22.9. The molecule has 1 atom stereocenters. The lowest BCUT2D eigenvalue weighted by Gasteiger charge is -2.33. The number of benzene rings is 2. The SMILES string of the molecule is CC[C@@]1(c2ccccc2)NC(=O)N(CN2CCC(c3nc4ccccc4s3)CC2)C1=O. The number of likely N-dealkylation sites (tertiary alicyclic amines) is 1. The van der Waals surface area contributed by atoms with E-state index in [2.05, 4.69) is 28.4 Å². The van der Waals surface area contributed by atoms with Crippen LogP contribution in [0.25, 0.3) is 10.2 Å². The smallest absolute Gasteiger partial charge is 0.319 e. The number of amides is 3. The highest BCUT2D eigenvalue weighted by atomic mass is 32.1. The molecule has 1 aromatic heterocycles. The first-order valence-corrected chi connectivity index (χ1v) is 11.7. The van der Waals surface area contributed by atoms with Gasteiger partial charge in [-0.05, 0) is 37.0 Å². The van der Waals surface area contributed by atoms with Crippen LogP contribution in [0.1, 0.15) is 42.7 Å². The number of urea groups is 1. The third-order valence-corrected chi connectivity index (χ3v) is 7.76. The Morgan fingerprint density at radius 3 is 2.48 bits per heavy atom. The summed E-state index contributed by atoms with van der Waals surface area (Å²) in [5.74, 6) is 0.287. The average molecular weight is 435 g/mol. The van der Waals surface area contributed by atoms with Crippen molar-refractivity contribution in [3.8, 4) is 0 Å². The van der Waals surface area contributed by atoms with E-state index in [0.717, 1.165) is 37.0 Å². The standard InChI is InChI=1S/C24H26N4O2S/c1-2-24(18-8-4-3-5-9-18)22(29)28(23(30)26-24)16-27-14-12-17(13-15-27)21-25-19-10-6-7-11-20(19)31-21/h3-11,17H,2,12-16H2,1H3,(H,26,30)/t24-/m0/s1. The van der Waals surface area contributed by atoms with Crippen LogP contribution in [0.5, 0.6) is 0 Å². The molecule has 3 amide bonds. The van der Waals surface area contributed by atoms with Gasteiger partial charge in [-0.15, -0.1) is 11.3 Å².